The van der Waals surface area contributed by atoms with Crippen molar-refractivity contribution < 1.29 is 4.79 Å². The molecule has 1 saturated heterocycles. The van der Waals surface area contributed by atoms with Gasteiger partial charge in [-0.1, -0.05) is 13.8 Å². The van der Waals surface area contributed by atoms with E-state index >= 15 is 0 Å². The molecular formula is C17H22N4OS. The quantitative estimate of drug-likeness (QED) is 0.888. The summed E-state index contributed by atoms with van der Waals surface area (Å²) in [6, 6.07) is -0.208. The topological polar surface area (TPSA) is 66.9 Å². The highest BCUT2D eigenvalue weighted by molar-refractivity contribution is 7.19. The van der Waals surface area contributed by atoms with Crippen molar-refractivity contribution in [2.75, 3.05) is 11.9 Å². The molecule has 2 aromatic rings. The van der Waals surface area contributed by atoms with Crippen LogP contribution in [0, 0.1) is 11.8 Å². The van der Waals surface area contributed by atoms with Crippen molar-refractivity contribution in [1.29, 1.82) is 0 Å². The first kappa shape index (κ1) is 14.9. The van der Waals surface area contributed by atoms with Crippen LogP contribution in [0.4, 0.5) is 5.82 Å². The highest BCUT2D eigenvalue weighted by atomic mass is 32.1. The first-order valence-corrected chi connectivity index (χ1v) is 9.24. The van der Waals surface area contributed by atoms with E-state index in [1.54, 1.807) is 17.7 Å². The average Bonchev–Trinajstić information content (AvgIpc) is 2.89. The minimum absolute atomic E-state index is 0.0771. The van der Waals surface area contributed by atoms with Crippen molar-refractivity contribution in [1.82, 2.24) is 15.3 Å². The Kier molecular flexibility index (Phi) is 3.71. The molecule has 1 fully saturated rings. The van der Waals surface area contributed by atoms with Crippen molar-refractivity contribution in [3.05, 3.63) is 16.8 Å². The van der Waals surface area contributed by atoms with E-state index in [1.807, 2.05) is 0 Å². The molecule has 1 aliphatic heterocycles. The Morgan fingerprint density at radius 1 is 1.30 bits per heavy atom. The van der Waals surface area contributed by atoms with Crippen LogP contribution in [0.25, 0.3) is 10.2 Å². The van der Waals surface area contributed by atoms with E-state index in [0.717, 1.165) is 47.8 Å². The highest BCUT2D eigenvalue weighted by Gasteiger charge is 2.30. The van der Waals surface area contributed by atoms with Gasteiger partial charge in [-0.25, -0.2) is 9.97 Å². The van der Waals surface area contributed by atoms with Crippen LogP contribution in [0.1, 0.15) is 37.1 Å². The summed E-state index contributed by atoms with van der Waals surface area (Å²) in [5.41, 5.74) is 1.40. The zero-order chi connectivity index (χ0) is 16.0. The summed E-state index contributed by atoms with van der Waals surface area (Å²) in [7, 11) is 0. The second-order valence-electron chi connectivity index (χ2n) is 6.93. The van der Waals surface area contributed by atoms with Crippen molar-refractivity contribution in [3.63, 3.8) is 0 Å². The number of amides is 1. The van der Waals surface area contributed by atoms with Crippen LogP contribution in [0.5, 0.6) is 0 Å². The summed E-state index contributed by atoms with van der Waals surface area (Å²) in [4.78, 5) is 23.6. The molecule has 122 valence electrons. The van der Waals surface area contributed by atoms with Crippen LogP contribution in [0.3, 0.4) is 0 Å². The van der Waals surface area contributed by atoms with Gasteiger partial charge in [0.2, 0.25) is 5.91 Å². The van der Waals surface area contributed by atoms with E-state index in [0.29, 0.717) is 5.92 Å². The molecule has 3 atom stereocenters. The molecule has 3 unspecified atom stereocenters. The molecule has 0 aromatic carbocycles. The summed E-state index contributed by atoms with van der Waals surface area (Å²) in [6.45, 7) is 5.20. The van der Waals surface area contributed by atoms with Crippen LogP contribution in [-0.2, 0) is 17.6 Å². The van der Waals surface area contributed by atoms with Crippen molar-refractivity contribution in [3.8, 4) is 0 Å². The maximum Gasteiger partial charge on any atom is 0.242 e. The molecule has 0 spiro atoms. The number of rotatable bonds is 2. The van der Waals surface area contributed by atoms with Crippen LogP contribution in [0.2, 0.25) is 0 Å². The molecule has 1 amide bonds. The predicted molar refractivity (Wildman–Crippen MR) is 92.8 cm³/mol. The number of anilines is 1. The third-order valence-corrected chi connectivity index (χ3v) is 6.30. The SMILES string of the molecule is CC1CCc2c(sc3ncnc(NC4C(=O)NCCC4C)c23)C1. The van der Waals surface area contributed by atoms with Gasteiger partial charge >= 0.3 is 0 Å². The Morgan fingerprint density at radius 3 is 3.00 bits per heavy atom. The van der Waals surface area contributed by atoms with Gasteiger partial charge in [0.05, 0.1) is 5.39 Å². The predicted octanol–water partition coefficient (Wildman–Crippen LogP) is 2.75. The molecule has 0 bridgehead atoms. The van der Waals surface area contributed by atoms with Gasteiger partial charge in [-0.3, -0.25) is 4.79 Å². The third-order valence-electron chi connectivity index (χ3n) is 5.13. The fourth-order valence-corrected chi connectivity index (χ4v) is 5.05. The fourth-order valence-electron chi connectivity index (χ4n) is 3.70. The largest absolute Gasteiger partial charge is 0.358 e. The van der Waals surface area contributed by atoms with E-state index in [1.165, 1.54) is 16.9 Å². The molecule has 0 saturated carbocycles. The van der Waals surface area contributed by atoms with E-state index in [4.69, 9.17) is 0 Å². The molecule has 23 heavy (non-hydrogen) atoms. The number of carbonyl (C=O) groups excluding carboxylic acids is 1. The maximum absolute atomic E-state index is 12.2. The third kappa shape index (κ3) is 2.59. The Labute approximate surface area is 139 Å². The Morgan fingerprint density at radius 2 is 2.17 bits per heavy atom. The van der Waals surface area contributed by atoms with Crippen LogP contribution in [0.15, 0.2) is 6.33 Å². The van der Waals surface area contributed by atoms with Crippen molar-refractivity contribution in [2.24, 2.45) is 11.8 Å². The fraction of sp³-hybridized carbons (Fsp3) is 0.588. The highest BCUT2D eigenvalue weighted by Crippen LogP contribution is 2.40. The first-order valence-electron chi connectivity index (χ1n) is 8.43. The molecule has 6 heteroatoms. The van der Waals surface area contributed by atoms with Gasteiger partial charge < -0.3 is 10.6 Å². The smallest absolute Gasteiger partial charge is 0.242 e. The van der Waals surface area contributed by atoms with Gasteiger partial charge in [0.1, 0.15) is 23.0 Å². The number of aromatic nitrogens is 2. The first-order chi connectivity index (χ1) is 11.1. The number of aryl methyl sites for hydroxylation is 1. The maximum atomic E-state index is 12.2. The van der Waals surface area contributed by atoms with E-state index in [9.17, 15) is 4.79 Å². The lowest BCUT2D eigenvalue weighted by atomic mass is 9.89. The lowest BCUT2D eigenvalue weighted by Gasteiger charge is -2.29. The summed E-state index contributed by atoms with van der Waals surface area (Å²) in [5.74, 6) is 1.96. The van der Waals surface area contributed by atoms with Gasteiger partial charge in [-0.15, -0.1) is 11.3 Å². The Hall–Kier alpha value is -1.69. The van der Waals surface area contributed by atoms with Crippen LogP contribution in [-0.4, -0.2) is 28.5 Å². The second kappa shape index (κ2) is 5.74. The number of hydrogen-bond donors (Lipinski definition) is 2. The number of fused-ring (bicyclic) bond motifs is 3. The zero-order valence-corrected chi connectivity index (χ0v) is 14.4. The molecule has 2 N–H and O–H groups in total. The number of carbonyl (C=O) groups is 1. The Bertz CT molecular complexity index is 756. The lowest BCUT2D eigenvalue weighted by molar-refractivity contribution is -0.124. The van der Waals surface area contributed by atoms with Gasteiger partial charge in [0.15, 0.2) is 0 Å². The molecular weight excluding hydrogens is 308 g/mol. The second-order valence-corrected chi connectivity index (χ2v) is 8.02. The number of nitrogens with zero attached hydrogens (tertiary/aromatic N) is 2. The molecule has 2 aliphatic rings. The Balaban J connectivity index is 1.74. The number of hydrogen-bond acceptors (Lipinski definition) is 5. The number of nitrogens with one attached hydrogen (secondary N) is 2. The summed E-state index contributed by atoms with van der Waals surface area (Å²) < 4.78 is 0. The molecule has 2 aromatic heterocycles. The molecule has 5 nitrogen and oxygen atoms in total. The van der Waals surface area contributed by atoms with E-state index in [-0.39, 0.29) is 11.9 Å². The van der Waals surface area contributed by atoms with Crippen LogP contribution < -0.4 is 10.6 Å². The zero-order valence-electron chi connectivity index (χ0n) is 13.6. The summed E-state index contributed by atoms with van der Waals surface area (Å²) in [6.07, 6.45) is 6.05. The standard InChI is InChI=1S/C17H22N4OS/c1-9-3-4-11-12(7-9)23-17-13(11)15(19-8-20-17)21-14-10(2)5-6-18-16(14)22/h8-10,14H,3-7H2,1-2H3,(H,18,22)(H,19,20,21). The van der Waals surface area contributed by atoms with E-state index in [2.05, 4.69) is 34.4 Å². The van der Waals surface area contributed by atoms with E-state index < -0.39 is 0 Å². The minimum Gasteiger partial charge on any atom is -0.358 e. The number of thiophene rings is 1. The summed E-state index contributed by atoms with van der Waals surface area (Å²) >= 11 is 1.79. The lowest BCUT2D eigenvalue weighted by Crippen LogP contribution is -2.49. The van der Waals surface area contributed by atoms with Crippen molar-refractivity contribution >= 4 is 33.3 Å². The van der Waals surface area contributed by atoms with Gasteiger partial charge in [-0.05, 0) is 43.1 Å². The monoisotopic (exact) mass is 330 g/mol. The van der Waals surface area contributed by atoms with Crippen molar-refractivity contribution in [2.45, 2.75) is 45.6 Å². The average molecular weight is 330 g/mol. The molecule has 1 aliphatic carbocycles. The van der Waals surface area contributed by atoms with Gasteiger partial charge in [0.25, 0.3) is 0 Å². The number of piperidine rings is 1. The van der Waals surface area contributed by atoms with Gasteiger partial charge in [0, 0.05) is 11.4 Å². The normalized spacial score (nSPS) is 27.6. The summed E-state index contributed by atoms with van der Waals surface area (Å²) in [5, 5.41) is 7.51. The molecule has 0 radical (unpaired) electrons. The molecule has 3 heterocycles. The minimum atomic E-state index is -0.208. The van der Waals surface area contributed by atoms with Gasteiger partial charge in [-0.2, -0.15) is 0 Å². The van der Waals surface area contributed by atoms with Crippen LogP contribution >= 0.6 is 11.3 Å². The molecule has 4 rings (SSSR count).